The highest BCUT2D eigenvalue weighted by Gasteiger charge is 2.16. The van der Waals surface area contributed by atoms with E-state index in [0.717, 1.165) is 0 Å². The maximum atomic E-state index is 13.0. The molecule has 1 atom stereocenters. The first kappa shape index (κ1) is 14.6. The Morgan fingerprint density at radius 1 is 1.56 bits per heavy atom. The number of carbonyl (C=O) groups excluding carboxylic acids is 1. The predicted octanol–water partition coefficient (Wildman–Crippen LogP) is 1.89. The standard InChI is InChI=1S/C13H17FN2OS/c1-9(6-12(15)18)16(2)13(17)8-10-4-3-5-11(14)7-10/h3-5,7,9H,6,8H2,1-2H3,(H2,15,18). The first-order valence-corrected chi connectivity index (χ1v) is 6.09. The zero-order valence-electron chi connectivity index (χ0n) is 10.5. The van der Waals surface area contributed by atoms with Gasteiger partial charge in [0.1, 0.15) is 5.82 Å². The van der Waals surface area contributed by atoms with Crippen molar-refractivity contribution < 1.29 is 9.18 Å². The Balaban J connectivity index is 2.62. The van der Waals surface area contributed by atoms with Gasteiger partial charge in [0.15, 0.2) is 0 Å². The Bertz CT molecular complexity index is 450. The zero-order valence-corrected chi connectivity index (χ0v) is 11.3. The third-order valence-corrected chi connectivity index (χ3v) is 2.96. The SMILES string of the molecule is CC(CC(N)=S)N(C)C(=O)Cc1cccc(F)c1. The second-order valence-electron chi connectivity index (χ2n) is 4.33. The molecule has 0 spiro atoms. The van der Waals surface area contributed by atoms with E-state index in [0.29, 0.717) is 17.0 Å². The van der Waals surface area contributed by atoms with Crippen LogP contribution in [0.2, 0.25) is 0 Å². The maximum absolute atomic E-state index is 13.0. The van der Waals surface area contributed by atoms with Crippen molar-refractivity contribution in [1.29, 1.82) is 0 Å². The van der Waals surface area contributed by atoms with Crippen LogP contribution in [-0.4, -0.2) is 28.9 Å². The fourth-order valence-corrected chi connectivity index (χ4v) is 1.86. The van der Waals surface area contributed by atoms with E-state index in [1.807, 2.05) is 6.92 Å². The molecule has 5 heteroatoms. The highest BCUT2D eigenvalue weighted by Crippen LogP contribution is 2.08. The number of carbonyl (C=O) groups is 1. The van der Waals surface area contributed by atoms with Crippen molar-refractivity contribution in [2.45, 2.75) is 25.8 Å². The Kier molecular flexibility index (Phi) is 5.22. The molecule has 0 fully saturated rings. The molecule has 0 saturated heterocycles. The summed E-state index contributed by atoms with van der Waals surface area (Å²) in [6.07, 6.45) is 0.663. The Morgan fingerprint density at radius 2 is 2.22 bits per heavy atom. The van der Waals surface area contributed by atoms with Gasteiger partial charge in [-0.15, -0.1) is 0 Å². The molecule has 0 aliphatic heterocycles. The number of likely N-dealkylation sites (N-methyl/N-ethyl adjacent to an activating group) is 1. The Labute approximate surface area is 112 Å². The van der Waals surface area contributed by atoms with E-state index < -0.39 is 0 Å². The molecule has 0 heterocycles. The molecule has 1 aromatic carbocycles. The van der Waals surface area contributed by atoms with Crippen molar-refractivity contribution in [3.8, 4) is 0 Å². The highest BCUT2D eigenvalue weighted by atomic mass is 32.1. The van der Waals surface area contributed by atoms with Gasteiger partial charge >= 0.3 is 0 Å². The molecule has 0 aliphatic carbocycles. The smallest absolute Gasteiger partial charge is 0.226 e. The molecule has 18 heavy (non-hydrogen) atoms. The summed E-state index contributed by atoms with van der Waals surface area (Å²) in [4.78, 5) is 13.9. The fourth-order valence-electron chi connectivity index (χ4n) is 1.62. The molecular weight excluding hydrogens is 251 g/mol. The van der Waals surface area contributed by atoms with Crippen molar-refractivity contribution in [1.82, 2.24) is 4.90 Å². The average Bonchev–Trinajstić information content (AvgIpc) is 2.27. The van der Waals surface area contributed by atoms with E-state index in [1.165, 1.54) is 12.1 Å². The lowest BCUT2D eigenvalue weighted by Crippen LogP contribution is -2.38. The van der Waals surface area contributed by atoms with E-state index in [2.05, 4.69) is 0 Å². The lowest BCUT2D eigenvalue weighted by Gasteiger charge is -2.24. The van der Waals surface area contributed by atoms with Crippen LogP contribution in [0.15, 0.2) is 24.3 Å². The van der Waals surface area contributed by atoms with Crippen LogP contribution in [0.5, 0.6) is 0 Å². The van der Waals surface area contributed by atoms with Crippen molar-refractivity contribution in [3.63, 3.8) is 0 Å². The molecule has 1 amide bonds. The number of benzene rings is 1. The van der Waals surface area contributed by atoms with Crippen LogP contribution >= 0.6 is 12.2 Å². The summed E-state index contributed by atoms with van der Waals surface area (Å²) in [6, 6.07) is 5.99. The van der Waals surface area contributed by atoms with Crippen LogP contribution in [0.1, 0.15) is 18.9 Å². The predicted molar refractivity (Wildman–Crippen MR) is 73.7 cm³/mol. The van der Waals surface area contributed by atoms with Crippen LogP contribution in [0.25, 0.3) is 0 Å². The third-order valence-electron chi connectivity index (χ3n) is 2.80. The second kappa shape index (κ2) is 6.44. The van der Waals surface area contributed by atoms with Gasteiger partial charge in [-0.2, -0.15) is 0 Å². The molecule has 0 aromatic heterocycles. The van der Waals surface area contributed by atoms with Crippen LogP contribution in [0, 0.1) is 5.82 Å². The molecule has 2 N–H and O–H groups in total. The number of hydrogen-bond donors (Lipinski definition) is 1. The minimum Gasteiger partial charge on any atom is -0.393 e. The number of nitrogens with two attached hydrogens (primary N) is 1. The monoisotopic (exact) mass is 268 g/mol. The van der Waals surface area contributed by atoms with Gasteiger partial charge in [-0.05, 0) is 24.6 Å². The minimum absolute atomic E-state index is 0.0523. The minimum atomic E-state index is -0.334. The van der Waals surface area contributed by atoms with Crippen molar-refractivity contribution in [2.75, 3.05) is 7.05 Å². The largest absolute Gasteiger partial charge is 0.393 e. The fraction of sp³-hybridized carbons (Fsp3) is 0.385. The normalized spacial score (nSPS) is 11.9. The Hall–Kier alpha value is -1.49. The van der Waals surface area contributed by atoms with Crippen molar-refractivity contribution in [2.24, 2.45) is 5.73 Å². The van der Waals surface area contributed by atoms with Crippen molar-refractivity contribution in [3.05, 3.63) is 35.6 Å². The van der Waals surface area contributed by atoms with Gasteiger partial charge in [-0.25, -0.2) is 4.39 Å². The van der Waals surface area contributed by atoms with E-state index in [-0.39, 0.29) is 24.2 Å². The summed E-state index contributed by atoms with van der Waals surface area (Å²) in [5.41, 5.74) is 6.11. The summed E-state index contributed by atoms with van der Waals surface area (Å²) < 4.78 is 13.0. The number of nitrogens with zero attached hydrogens (tertiary/aromatic N) is 1. The van der Waals surface area contributed by atoms with Gasteiger partial charge in [-0.3, -0.25) is 4.79 Å². The van der Waals surface area contributed by atoms with Crippen LogP contribution in [0.3, 0.4) is 0 Å². The van der Waals surface area contributed by atoms with Gasteiger partial charge in [0, 0.05) is 19.5 Å². The maximum Gasteiger partial charge on any atom is 0.226 e. The quantitative estimate of drug-likeness (QED) is 0.830. The van der Waals surface area contributed by atoms with Crippen LogP contribution in [-0.2, 0) is 11.2 Å². The third kappa shape index (κ3) is 4.41. The number of halogens is 1. The van der Waals surface area contributed by atoms with E-state index in [4.69, 9.17) is 18.0 Å². The molecule has 0 saturated carbocycles. The molecular formula is C13H17FN2OS. The molecule has 0 bridgehead atoms. The summed E-state index contributed by atoms with van der Waals surface area (Å²) in [6.45, 7) is 1.88. The number of thiocarbonyl (C=S) groups is 1. The molecule has 3 nitrogen and oxygen atoms in total. The van der Waals surface area contributed by atoms with E-state index in [1.54, 1.807) is 24.1 Å². The topological polar surface area (TPSA) is 46.3 Å². The average molecular weight is 268 g/mol. The second-order valence-corrected chi connectivity index (χ2v) is 4.86. The zero-order chi connectivity index (χ0) is 13.7. The van der Waals surface area contributed by atoms with Crippen molar-refractivity contribution >= 4 is 23.1 Å². The van der Waals surface area contributed by atoms with Gasteiger partial charge in [-0.1, -0.05) is 24.4 Å². The summed E-state index contributed by atoms with van der Waals surface area (Å²) >= 11 is 4.81. The lowest BCUT2D eigenvalue weighted by atomic mass is 10.1. The highest BCUT2D eigenvalue weighted by molar-refractivity contribution is 7.80. The molecule has 1 rings (SSSR count). The summed E-state index contributed by atoms with van der Waals surface area (Å²) in [7, 11) is 1.70. The molecule has 0 aliphatic rings. The number of amides is 1. The molecule has 0 radical (unpaired) electrons. The molecule has 1 unspecified atom stereocenters. The Morgan fingerprint density at radius 3 is 2.78 bits per heavy atom. The van der Waals surface area contributed by atoms with Gasteiger partial charge < -0.3 is 10.6 Å². The van der Waals surface area contributed by atoms with E-state index >= 15 is 0 Å². The molecule has 98 valence electrons. The number of hydrogen-bond acceptors (Lipinski definition) is 2. The number of rotatable bonds is 5. The van der Waals surface area contributed by atoms with Crippen LogP contribution < -0.4 is 5.73 Å². The van der Waals surface area contributed by atoms with Gasteiger partial charge in [0.2, 0.25) is 5.91 Å². The van der Waals surface area contributed by atoms with E-state index in [9.17, 15) is 9.18 Å². The first-order valence-electron chi connectivity index (χ1n) is 5.68. The van der Waals surface area contributed by atoms with Gasteiger partial charge in [0.25, 0.3) is 0 Å². The van der Waals surface area contributed by atoms with Crippen LogP contribution in [0.4, 0.5) is 4.39 Å². The lowest BCUT2D eigenvalue weighted by molar-refractivity contribution is -0.130. The first-order chi connectivity index (χ1) is 8.40. The summed E-state index contributed by atoms with van der Waals surface area (Å²) in [5.74, 6) is -0.413. The van der Waals surface area contributed by atoms with Gasteiger partial charge in [0.05, 0.1) is 11.4 Å². The molecule has 1 aromatic rings. The summed E-state index contributed by atoms with van der Waals surface area (Å²) in [5, 5.41) is 0.